The Balaban J connectivity index is 1.23. The topological polar surface area (TPSA) is 153 Å². The van der Waals surface area contributed by atoms with Gasteiger partial charge in [0, 0.05) is 33.2 Å². The Bertz CT molecular complexity index is 2300. The van der Waals surface area contributed by atoms with E-state index in [-0.39, 0.29) is 22.9 Å². The summed E-state index contributed by atoms with van der Waals surface area (Å²) in [6.07, 6.45) is 1.26. The molecule has 0 spiro atoms. The third-order valence-electron chi connectivity index (χ3n) is 7.75. The van der Waals surface area contributed by atoms with Crippen LogP contribution < -0.4 is 20.7 Å². The normalized spacial score (nSPS) is 11.6. The molecule has 5 aromatic carbocycles. The molecule has 0 radical (unpaired) electrons. The quantitative estimate of drug-likeness (QED) is 0.0461. The number of nitro benzene ring substituents is 1. The molecule has 11 nitrogen and oxygen atoms in total. The minimum atomic E-state index is -0.706. The van der Waals surface area contributed by atoms with Gasteiger partial charge in [0.05, 0.1) is 23.3 Å². The molecule has 53 heavy (non-hydrogen) atoms. The van der Waals surface area contributed by atoms with E-state index in [1.165, 1.54) is 47.4 Å². The maximum atomic E-state index is 13.8. The molecule has 6 rings (SSSR count). The average molecular weight is 742 g/mol. The summed E-state index contributed by atoms with van der Waals surface area (Å²) >= 11 is 2.59. The number of carbonyl (C=O) groups is 3. The summed E-state index contributed by atoms with van der Waals surface area (Å²) in [7, 11) is 1.60. The van der Waals surface area contributed by atoms with Gasteiger partial charge in [0.1, 0.15) is 16.7 Å². The molecule has 0 aliphatic carbocycles. The number of ether oxygens (including phenoxy) is 1. The number of anilines is 2. The van der Waals surface area contributed by atoms with Crippen LogP contribution in [0.1, 0.15) is 26.7 Å². The SMILES string of the molecule is COc1cccc(-c2csc(NC(=O)C(Sc3cccc(NC(=O)/C(=C\c4ccccc4[N+](=O)[O-])NC(=O)c4ccccc4)c3)c3ccccc3)n2)c1. The first kappa shape index (κ1) is 36.2. The average Bonchev–Trinajstić information content (AvgIpc) is 3.66. The van der Waals surface area contributed by atoms with Gasteiger partial charge >= 0.3 is 0 Å². The lowest BCUT2D eigenvalue weighted by Crippen LogP contribution is -2.30. The second kappa shape index (κ2) is 17.1. The fraction of sp³-hybridized carbons (Fsp3) is 0.0500. The number of nitrogens with zero attached hydrogens (tertiary/aromatic N) is 2. The third kappa shape index (κ3) is 9.41. The first-order valence-electron chi connectivity index (χ1n) is 16.1. The first-order chi connectivity index (χ1) is 25.8. The summed E-state index contributed by atoms with van der Waals surface area (Å²) in [6.45, 7) is 0. The number of thiazole rings is 1. The van der Waals surface area contributed by atoms with Gasteiger partial charge in [-0.25, -0.2) is 4.98 Å². The van der Waals surface area contributed by atoms with Crippen molar-refractivity contribution in [2.75, 3.05) is 17.7 Å². The van der Waals surface area contributed by atoms with Crippen LogP contribution in [0.3, 0.4) is 0 Å². The van der Waals surface area contributed by atoms with Gasteiger partial charge in [0.25, 0.3) is 17.5 Å². The number of para-hydroxylation sites is 1. The number of amides is 3. The third-order valence-corrected chi connectivity index (χ3v) is 9.75. The predicted molar refractivity (Wildman–Crippen MR) is 208 cm³/mol. The summed E-state index contributed by atoms with van der Waals surface area (Å²) in [5.41, 5.74) is 2.68. The Hall–Kier alpha value is -6.57. The molecule has 0 saturated heterocycles. The van der Waals surface area contributed by atoms with E-state index in [2.05, 4.69) is 20.9 Å². The number of aromatic nitrogens is 1. The van der Waals surface area contributed by atoms with Crippen molar-refractivity contribution in [3.05, 3.63) is 171 Å². The van der Waals surface area contributed by atoms with Crippen LogP contribution in [-0.4, -0.2) is 34.7 Å². The predicted octanol–water partition coefficient (Wildman–Crippen LogP) is 8.61. The standard InChI is InChI=1S/C40H31N5O6S2/c1-51-31-19-10-17-28(22-31)34-25-52-40(43-34)44-39(48)36(26-12-4-2-5-13-26)53-32-20-11-18-30(24-32)41-38(47)33(42-37(46)27-14-6-3-7-15-27)23-29-16-8-9-21-35(29)45(49)50/h2-25,36H,1H3,(H,41,47)(H,42,46)(H,43,44,48)/b33-23+. The van der Waals surface area contributed by atoms with Crippen molar-refractivity contribution < 1.29 is 24.0 Å². The van der Waals surface area contributed by atoms with Gasteiger partial charge in [-0.2, -0.15) is 0 Å². The monoisotopic (exact) mass is 741 g/mol. The zero-order valence-electron chi connectivity index (χ0n) is 28.1. The summed E-state index contributed by atoms with van der Waals surface area (Å²) < 4.78 is 5.33. The molecule has 13 heteroatoms. The number of thioether (sulfide) groups is 1. The molecular formula is C40H31N5O6S2. The van der Waals surface area contributed by atoms with E-state index in [0.29, 0.717) is 32.7 Å². The van der Waals surface area contributed by atoms with Gasteiger partial charge in [-0.15, -0.1) is 23.1 Å². The highest BCUT2D eigenvalue weighted by Gasteiger charge is 2.24. The Labute approximate surface area is 312 Å². The zero-order chi connectivity index (χ0) is 37.2. The Morgan fingerprint density at radius 2 is 1.57 bits per heavy atom. The molecule has 6 aromatic rings. The highest BCUT2D eigenvalue weighted by atomic mass is 32.2. The summed E-state index contributed by atoms with van der Waals surface area (Å²) in [6, 6.07) is 37.9. The Morgan fingerprint density at radius 3 is 2.32 bits per heavy atom. The summed E-state index contributed by atoms with van der Waals surface area (Å²) in [5.74, 6) is -0.866. The van der Waals surface area contributed by atoms with Crippen molar-refractivity contribution in [3.63, 3.8) is 0 Å². The van der Waals surface area contributed by atoms with E-state index in [9.17, 15) is 24.5 Å². The maximum Gasteiger partial charge on any atom is 0.276 e. The molecule has 3 N–H and O–H groups in total. The Morgan fingerprint density at radius 1 is 0.849 bits per heavy atom. The van der Waals surface area contributed by atoms with Crippen molar-refractivity contribution in [2.45, 2.75) is 10.1 Å². The lowest BCUT2D eigenvalue weighted by molar-refractivity contribution is -0.385. The molecule has 1 unspecified atom stereocenters. The molecule has 3 amide bonds. The van der Waals surface area contributed by atoms with Gasteiger partial charge in [0.15, 0.2) is 5.13 Å². The van der Waals surface area contributed by atoms with Crippen molar-refractivity contribution >= 4 is 63.4 Å². The summed E-state index contributed by atoms with van der Waals surface area (Å²) in [5, 5.41) is 21.7. The van der Waals surface area contributed by atoms with Crippen molar-refractivity contribution in [2.24, 2.45) is 0 Å². The zero-order valence-corrected chi connectivity index (χ0v) is 29.7. The molecule has 0 fully saturated rings. The van der Waals surface area contributed by atoms with E-state index < -0.39 is 22.0 Å². The van der Waals surface area contributed by atoms with Crippen LogP contribution in [0.2, 0.25) is 0 Å². The maximum absolute atomic E-state index is 13.8. The van der Waals surface area contributed by atoms with Gasteiger partial charge in [-0.3, -0.25) is 24.5 Å². The number of rotatable bonds is 13. The van der Waals surface area contributed by atoms with Crippen LogP contribution in [0, 0.1) is 10.1 Å². The van der Waals surface area contributed by atoms with E-state index in [4.69, 9.17) is 4.74 Å². The van der Waals surface area contributed by atoms with Crippen LogP contribution in [0.25, 0.3) is 17.3 Å². The van der Waals surface area contributed by atoms with Crippen LogP contribution in [0.4, 0.5) is 16.5 Å². The minimum absolute atomic E-state index is 0.132. The molecule has 0 aliphatic heterocycles. The van der Waals surface area contributed by atoms with Gasteiger partial charge in [-0.1, -0.05) is 78.9 Å². The number of hydrogen-bond donors (Lipinski definition) is 3. The van der Waals surface area contributed by atoms with E-state index in [1.807, 2.05) is 66.0 Å². The van der Waals surface area contributed by atoms with Gasteiger partial charge in [0.2, 0.25) is 5.91 Å². The van der Waals surface area contributed by atoms with E-state index >= 15 is 0 Å². The number of nitro groups is 1. The number of carbonyl (C=O) groups excluding carboxylic acids is 3. The Kier molecular flexibility index (Phi) is 11.7. The first-order valence-corrected chi connectivity index (χ1v) is 17.9. The summed E-state index contributed by atoms with van der Waals surface area (Å²) in [4.78, 5) is 57.1. The van der Waals surface area contributed by atoms with Crippen LogP contribution in [0.15, 0.2) is 149 Å². The highest BCUT2D eigenvalue weighted by Crippen LogP contribution is 2.38. The van der Waals surface area contributed by atoms with E-state index in [1.54, 1.807) is 61.7 Å². The molecule has 0 saturated carbocycles. The molecule has 0 bridgehead atoms. The molecule has 1 heterocycles. The number of nitrogens with one attached hydrogen (secondary N) is 3. The van der Waals surface area contributed by atoms with Crippen molar-refractivity contribution in [1.29, 1.82) is 0 Å². The minimum Gasteiger partial charge on any atom is -0.497 e. The number of methoxy groups -OCH3 is 1. The van der Waals surface area contributed by atoms with Crippen LogP contribution >= 0.6 is 23.1 Å². The van der Waals surface area contributed by atoms with Crippen LogP contribution in [-0.2, 0) is 9.59 Å². The highest BCUT2D eigenvalue weighted by molar-refractivity contribution is 8.00. The van der Waals surface area contributed by atoms with Gasteiger partial charge in [-0.05, 0) is 60.2 Å². The molecular weight excluding hydrogens is 711 g/mol. The van der Waals surface area contributed by atoms with Crippen molar-refractivity contribution in [1.82, 2.24) is 10.3 Å². The molecule has 1 aromatic heterocycles. The molecule has 264 valence electrons. The fourth-order valence-corrected chi connectivity index (χ4v) is 6.98. The second-order valence-corrected chi connectivity index (χ2v) is 13.4. The molecule has 0 aliphatic rings. The smallest absolute Gasteiger partial charge is 0.276 e. The largest absolute Gasteiger partial charge is 0.497 e. The lowest BCUT2D eigenvalue weighted by atomic mass is 10.1. The van der Waals surface area contributed by atoms with E-state index in [0.717, 1.165) is 11.1 Å². The van der Waals surface area contributed by atoms with Crippen molar-refractivity contribution in [3.8, 4) is 17.0 Å². The second-order valence-electron chi connectivity index (χ2n) is 11.3. The van der Waals surface area contributed by atoms with Crippen LogP contribution in [0.5, 0.6) is 5.75 Å². The van der Waals surface area contributed by atoms with Gasteiger partial charge < -0.3 is 20.7 Å². The number of benzene rings is 5. The number of hydrogen-bond acceptors (Lipinski definition) is 9. The lowest BCUT2D eigenvalue weighted by Gasteiger charge is -2.17. The molecule has 1 atom stereocenters. The fourth-order valence-electron chi connectivity index (χ4n) is 5.17.